The van der Waals surface area contributed by atoms with Gasteiger partial charge in [0.05, 0.1) is 17.6 Å². The number of hydrogen-bond acceptors (Lipinski definition) is 3. The van der Waals surface area contributed by atoms with Crippen LogP contribution in [0.4, 0.5) is 4.39 Å². The molecule has 2 aromatic rings. The molecule has 1 heterocycles. The predicted octanol–water partition coefficient (Wildman–Crippen LogP) is 0.0162. The van der Waals surface area contributed by atoms with Gasteiger partial charge in [-0.2, -0.15) is 0 Å². The van der Waals surface area contributed by atoms with Gasteiger partial charge in [0.1, 0.15) is 5.82 Å². The van der Waals surface area contributed by atoms with Crippen molar-refractivity contribution in [3.8, 4) is 0 Å². The second-order valence-corrected chi connectivity index (χ2v) is 3.72. The van der Waals surface area contributed by atoms with Crippen molar-refractivity contribution in [1.82, 2.24) is 14.5 Å². The summed E-state index contributed by atoms with van der Waals surface area (Å²) in [6, 6.07) is 4.22. The molecule has 90 valence electrons. The van der Waals surface area contributed by atoms with Crippen LogP contribution in [0, 0.1) is 5.82 Å². The van der Waals surface area contributed by atoms with E-state index in [1.54, 1.807) is 13.1 Å². The third-order valence-electron chi connectivity index (χ3n) is 2.65. The Morgan fingerprint density at radius 1 is 1.35 bits per heavy atom. The fourth-order valence-corrected chi connectivity index (χ4v) is 1.81. The van der Waals surface area contributed by atoms with Crippen LogP contribution in [0.1, 0.15) is 0 Å². The molecule has 1 N–H and O–H groups in total. The number of rotatable bonds is 2. The summed E-state index contributed by atoms with van der Waals surface area (Å²) in [7, 11) is 3.12. The van der Waals surface area contributed by atoms with Crippen molar-refractivity contribution in [1.29, 1.82) is 0 Å². The highest BCUT2D eigenvalue weighted by Crippen LogP contribution is 2.10. The SMILES string of the molecule is CNCn1c(=O)c2c(F)cccc2n(C)c1=O. The highest BCUT2D eigenvalue weighted by molar-refractivity contribution is 5.78. The number of nitrogens with one attached hydrogen (secondary N) is 1. The summed E-state index contributed by atoms with van der Waals surface area (Å²) in [5, 5.41) is 2.64. The Morgan fingerprint density at radius 3 is 2.71 bits per heavy atom. The van der Waals surface area contributed by atoms with E-state index in [9.17, 15) is 14.0 Å². The van der Waals surface area contributed by atoms with Crippen molar-refractivity contribution in [3.05, 3.63) is 44.9 Å². The van der Waals surface area contributed by atoms with E-state index < -0.39 is 17.1 Å². The number of fused-ring (bicyclic) bond motifs is 1. The van der Waals surface area contributed by atoms with Crippen molar-refractivity contribution in [2.45, 2.75) is 6.67 Å². The van der Waals surface area contributed by atoms with Crippen LogP contribution in [0.5, 0.6) is 0 Å². The van der Waals surface area contributed by atoms with E-state index in [-0.39, 0.29) is 12.1 Å². The molecule has 5 nitrogen and oxygen atoms in total. The molecule has 0 aliphatic heterocycles. The summed E-state index contributed by atoms with van der Waals surface area (Å²) in [5.41, 5.74) is -0.787. The van der Waals surface area contributed by atoms with E-state index in [1.807, 2.05) is 0 Å². The van der Waals surface area contributed by atoms with Crippen LogP contribution >= 0.6 is 0 Å². The van der Waals surface area contributed by atoms with Gasteiger partial charge >= 0.3 is 5.69 Å². The Labute approximate surface area is 96.1 Å². The highest BCUT2D eigenvalue weighted by atomic mass is 19.1. The van der Waals surface area contributed by atoms with Crippen molar-refractivity contribution in [2.75, 3.05) is 7.05 Å². The largest absolute Gasteiger partial charge is 0.332 e. The molecule has 0 bridgehead atoms. The Morgan fingerprint density at radius 2 is 2.06 bits per heavy atom. The Balaban J connectivity index is 3.02. The fraction of sp³-hybridized carbons (Fsp3) is 0.273. The summed E-state index contributed by atoms with van der Waals surface area (Å²) in [6.07, 6.45) is 0. The van der Waals surface area contributed by atoms with Gasteiger partial charge in [-0.1, -0.05) is 6.07 Å². The highest BCUT2D eigenvalue weighted by Gasteiger charge is 2.13. The van der Waals surface area contributed by atoms with Crippen LogP contribution in [-0.4, -0.2) is 16.2 Å². The lowest BCUT2D eigenvalue weighted by Gasteiger charge is -2.10. The van der Waals surface area contributed by atoms with E-state index in [1.165, 1.54) is 23.7 Å². The minimum absolute atomic E-state index is 0.0514. The molecule has 0 saturated heterocycles. The summed E-state index contributed by atoms with van der Waals surface area (Å²) in [6.45, 7) is 0.0514. The van der Waals surface area contributed by atoms with Crippen LogP contribution < -0.4 is 16.6 Å². The van der Waals surface area contributed by atoms with Gasteiger partial charge in [-0.05, 0) is 19.2 Å². The van der Waals surface area contributed by atoms with Crippen molar-refractivity contribution < 1.29 is 4.39 Å². The average Bonchev–Trinajstić information content (AvgIpc) is 2.31. The molecular weight excluding hydrogens is 225 g/mol. The molecule has 0 fully saturated rings. The first-order valence-corrected chi connectivity index (χ1v) is 5.10. The van der Waals surface area contributed by atoms with E-state index in [0.717, 1.165) is 4.57 Å². The molecule has 0 unspecified atom stereocenters. The van der Waals surface area contributed by atoms with Crippen molar-refractivity contribution >= 4 is 10.9 Å². The maximum Gasteiger partial charge on any atom is 0.332 e. The lowest BCUT2D eigenvalue weighted by molar-refractivity contribution is 0.549. The van der Waals surface area contributed by atoms with Gasteiger partial charge in [-0.15, -0.1) is 0 Å². The summed E-state index contributed by atoms with van der Waals surface area (Å²) >= 11 is 0. The lowest BCUT2D eigenvalue weighted by Crippen LogP contribution is -2.42. The molecule has 0 radical (unpaired) electrons. The van der Waals surface area contributed by atoms with Crippen LogP contribution in [0.2, 0.25) is 0 Å². The zero-order valence-electron chi connectivity index (χ0n) is 9.53. The van der Waals surface area contributed by atoms with E-state index in [2.05, 4.69) is 5.32 Å². The van der Waals surface area contributed by atoms with Gasteiger partial charge in [0, 0.05) is 7.05 Å². The van der Waals surface area contributed by atoms with Gasteiger partial charge < -0.3 is 5.32 Å². The van der Waals surface area contributed by atoms with Gasteiger partial charge in [-0.3, -0.25) is 9.36 Å². The van der Waals surface area contributed by atoms with Crippen LogP contribution in [0.3, 0.4) is 0 Å². The molecule has 1 aromatic heterocycles. The molecule has 0 aliphatic carbocycles. The summed E-state index contributed by atoms with van der Waals surface area (Å²) < 4.78 is 15.9. The monoisotopic (exact) mass is 237 g/mol. The number of aromatic nitrogens is 2. The molecule has 0 atom stereocenters. The Bertz CT molecular complexity index is 687. The quantitative estimate of drug-likeness (QED) is 0.801. The normalized spacial score (nSPS) is 11.0. The zero-order chi connectivity index (χ0) is 12.6. The first kappa shape index (κ1) is 11.5. The standard InChI is InChI=1S/C11H12FN3O2/c1-13-6-15-10(16)9-7(12)4-3-5-8(9)14(2)11(15)17/h3-5,13H,6H2,1-2H3. The molecule has 1 aromatic carbocycles. The number of aryl methyl sites for hydroxylation is 1. The Hall–Kier alpha value is -1.95. The molecule has 0 aliphatic rings. The Kier molecular flexibility index (Phi) is 2.81. The minimum atomic E-state index is -0.618. The van der Waals surface area contributed by atoms with Gasteiger partial charge in [0.2, 0.25) is 0 Å². The first-order chi connectivity index (χ1) is 8.07. The summed E-state index contributed by atoms with van der Waals surface area (Å²) in [4.78, 5) is 23.9. The van der Waals surface area contributed by atoms with Gasteiger partial charge in [0.15, 0.2) is 0 Å². The smallest absolute Gasteiger partial charge is 0.302 e. The predicted molar refractivity (Wildman–Crippen MR) is 62.5 cm³/mol. The third-order valence-corrected chi connectivity index (χ3v) is 2.65. The molecule has 17 heavy (non-hydrogen) atoms. The average molecular weight is 237 g/mol. The maximum absolute atomic E-state index is 13.6. The molecule has 2 rings (SSSR count). The maximum atomic E-state index is 13.6. The minimum Gasteiger partial charge on any atom is -0.302 e. The van der Waals surface area contributed by atoms with Crippen molar-refractivity contribution in [2.24, 2.45) is 7.05 Å². The van der Waals surface area contributed by atoms with E-state index in [0.29, 0.717) is 5.52 Å². The van der Waals surface area contributed by atoms with Crippen LogP contribution in [-0.2, 0) is 13.7 Å². The second-order valence-electron chi connectivity index (χ2n) is 3.72. The topological polar surface area (TPSA) is 56.0 Å². The van der Waals surface area contributed by atoms with Gasteiger partial charge in [0.25, 0.3) is 5.56 Å². The van der Waals surface area contributed by atoms with Crippen molar-refractivity contribution in [3.63, 3.8) is 0 Å². The van der Waals surface area contributed by atoms with Crippen LogP contribution in [0.15, 0.2) is 27.8 Å². The second kappa shape index (κ2) is 4.14. The van der Waals surface area contributed by atoms with Crippen LogP contribution in [0.25, 0.3) is 10.9 Å². The van der Waals surface area contributed by atoms with E-state index in [4.69, 9.17) is 0 Å². The molecule has 0 spiro atoms. The first-order valence-electron chi connectivity index (χ1n) is 5.10. The fourth-order valence-electron chi connectivity index (χ4n) is 1.81. The number of benzene rings is 1. The number of nitrogens with zero attached hydrogens (tertiary/aromatic N) is 2. The molecule has 0 saturated carbocycles. The molecule has 6 heteroatoms. The number of halogens is 1. The zero-order valence-corrected chi connectivity index (χ0v) is 9.53. The van der Waals surface area contributed by atoms with E-state index >= 15 is 0 Å². The van der Waals surface area contributed by atoms with Gasteiger partial charge in [-0.25, -0.2) is 13.8 Å². The molecular formula is C11H12FN3O2. The molecule has 0 amide bonds. The third kappa shape index (κ3) is 1.66. The number of hydrogen-bond donors (Lipinski definition) is 1. The summed E-state index contributed by atoms with van der Waals surface area (Å²) in [5.74, 6) is -0.618. The lowest BCUT2D eigenvalue weighted by atomic mass is 10.2.